The van der Waals surface area contributed by atoms with Crippen LogP contribution in [-0.2, 0) is 11.3 Å². The zero-order valence-electron chi connectivity index (χ0n) is 12.1. The highest BCUT2D eigenvalue weighted by Crippen LogP contribution is 2.43. The highest BCUT2D eigenvalue weighted by atomic mass is 16.2. The number of carbonyl (C=O) groups is 1. The van der Waals surface area contributed by atoms with E-state index in [2.05, 4.69) is 13.8 Å². The minimum absolute atomic E-state index is 0.122. The molecule has 3 heteroatoms. The van der Waals surface area contributed by atoms with Gasteiger partial charge in [0.05, 0.1) is 0 Å². The summed E-state index contributed by atoms with van der Waals surface area (Å²) in [6, 6.07) is 7.92. The molecule has 1 aliphatic rings. The van der Waals surface area contributed by atoms with Crippen LogP contribution in [0.1, 0.15) is 38.7 Å². The molecule has 1 aromatic carbocycles. The average Bonchev–Trinajstić information content (AvgIpc) is 2.76. The third kappa shape index (κ3) is 2.81. The summed E-state index contributed by atoms with van der Waals surface area (Å²) in [5, 5.41) is 0. The Kier molecular flexibility index (Phi) is 3.95. The molecule has 1 saturated carbocycles. The average molecular weight is 260 g/mol. The minimum Gasteiger partial charge on any atom is -0.326 e. The van der Waals surface area contributed by atoms with E-state index >= 15 is 0 Å². The standard InChI is InChI=1S/C16H24N2O/c1-16(2)9-5-8-14(16)15(19)18(3)13-7-4-6-12(10-13)11-17/h4,6-7,10,14H,5,8-9,11,17H2,1-3H3. The molecule has 1 fully saturated rings. The van der Waals surface area contributed by atoms with Crippen LogP contribution in [-0.4, -0.2) is 13.0 Å². The fourth-order valence-electron chi connectivity index (χ4n) is 3.04. The molecule has 2 N–H and O–H groups in total. The first-order valence-electron chi connectivity index (χ1n) is 7.02. The van der Waals surface area contributed by atoms with Crippen molar-refractivity contribution in [3.8, 4) is 0 Å². The van der Waals surface area contributed by atoms with E-state index in [9.17, 15) is 4.79 Å². The Bertz CT molecular complexity index is 468. The van der Waals surface area contributed by atoms with Gasteiger partial charge in [0.15, 0.2) is 0 Å². The van der Waals surface area contributed by atoms with Crippen LogP contribution in [0.2, 0.25) is 0 Å². The molecule has 0 bridgehead atoms. The van der Waals surface area contributed by atoms with Crippen LogP contribution in [0.15, 0.2) is 24.3 Å². The molecule has 2 rings (SSSR count). The van der Waals surface area contributed by atoms with Crippen LogP contribution < -0.4 is 10.6 Å². The number of hydrogen-bond acceptors (Lipinski definition) is 2. The van der Waals surface area contributed by atoms with Crippen molar-refractivity contribution >= 4 is 11.6 Å². The van der Waals surface area contributed by atoms with Crippen molar-refractivity contribution in [2.24, 2.45) is 17.1 Å². The first-order valence-corrected chi connectivity index (χ1v) is 7.02. The largest absolute Gasteiger partial charge is 0.326 e. The van der Waals surface area contributed by atoms with E-state index in [0.717, 1.165) is 30.5 Å². The Morgan fingerprint density at radius 1 is 1.47 bits per heavy atom. The lowest BCUT2D eigenvalue weighted by Crippen LogP contribution is -2.37. The maximum Gasteiger partial charge on any atom is 0.230 e. The van der Waals surface area contributed by atoms with Gasteiger partial charge in [-0.05, 0) is 36.0 Å². The van der Waals surface area contributed by atoms with Crippen molar-refractivity contribution in [1.29, 1.82) is 0 Å². The first-order chi connectivity index (χ1) is 8.95. The highest BCUT2D eigenvalue weighted by Gasteiger charge is 2.40. The van der Waals surface area contributed by atoms with Crippen LogP contribution in [0, 0.1) is 11.3 Å². The van der Waals surface area contributed by atoms with Gasteiger partial charge in [0, 0.05) is 25.2 Å². The molecule has 1 amide bonds. The summed E-state index contributed by atoms with van der Waals surface area (Å²) in [6.45, 7) is 4.91. The van der Waals surface area contributed by atoms with Crippen LogP contribution in [0.25, 0.3) is 0 Å². The summed E-state index contributed by atoms with van der Waals surface area (Å²) < 4.78 is 0. The molecule has 104 valence electrons. The Morgan fingerprint density at radius 3 is 2.79 bits per heavy atom. The van der Waals surface area contributed by atoms with Gasteiger partial charge in [0.25, 0.3) is 0 Å². The highest BCUT2D eigenvalue weighted by molar-refractivity contribution is 5.95. The topological polar surface area (TPSA) is 46.3 Å². The molecule has 0 heterocycles. The van der Waals surface area contributed by atoms with Crippen LogP contribution in [0.5, 0.6) is 0 Å². The molecule has 0 aromatic heterocycles. The van der Waals surface area contributed by atoms with E-state index in [4.69, 9.17) is 5.73 Å². The Balaban J connectivity index is 2.19. The van der Waals surface area contributed by atoms with Crippen LogP contribution >= 0.6 is 0 Å². The van der Waals surface area contributed by atoms with Gasteiger partial charge in [0.1, 0.15) is 0 Å². The number of benzene rings is 1. The fraction of sp³-hybridized carbons (Fsp3) is 0.562. The quantitative estimate of drug-likeness (QED) is 0.908. The molecule has 19 heavy (non-hydrogen) atoms. The molecule has 1 unspecified atom stereocenters. The lowest BCUT2D eigenvalue weighted by molar-refractivity contribution is -0.124. The summed E-state index contributed by atoms with van der Waals surface area (Å²) in [5.41, 5.74) is 7.78. The summed E-state index contributed by atoms with van der Waals surface area (Å²) in [4.78, 5) is 14.4. The van der Waals surface area contributed by atoms with Crippen molar-refractivity contribution in [2.45, 2.75) is 39.7 Å². The smallest absolute Gasteiger partial charge is 0.230 e. The predicted octanol–water partition coefficient (Wildman–Crippen LogP) is 2.93. The number of rotatable bonds is 3. The van der Waals surface area contributed by atoms with Crippen LogP contribution in [0.4, 0.5) is 5.69 Å². The summed E-state index contributed by atoms with van der Waals surface area (Å²) in [5.74, 6) is 0.371. The number of anilines is 1. The van der Waals surface area contributed by atoms with Gasteiger partial charge in [-0.2, -0.15) is 0 Å². The monoisotopic (exact) mass is 260 g/mol. The van der Waals surface area contributed by atoms with E-state index in [-0.39, 0.29) is 17.2 Å². The maximum atomic E-state index is 12.7. The SMILES string of the molecule is CN(C(=O)C1CCCC1(C)C)c1cccc(CN)c1. The molecular formula is C16H24N2O. The zero-order valence-corrected chi connectivity index (χ0v) is 12.1. The van der Waals surface area contributed by atoms with Crippen molar-refractivity contribution in [3.05, 3.63) is 29.8 Å². The van der Waals surface area contributed by atoms with Crippen LogP contribution in [0.3, 0.4) is 0 Å². The Morgan fingerprint density at radius 2 is 2.21 bits per heavy atom. The van der Waals surface area contributed by atoms with E-state index < -0.39 is 0 Å². The van der Waals surface area contributed by atoms with Crippen molar-refractivity contribution < 1.29 is 4.79 Å². The molecule has 1 atom stereocenters. The zero-order chi connectivity index (χ0) is 14.0. The molecule has 1 aromatic rings. The first kappa shape index (κ1) is 14.1. The molecule has 3 nitrogen and oxygen atoms in total. The van der Waals surface area contributed by atoms with E-state index in [1.165, 1.54) is 0 Å². The van der Waals surface area contributed by atoms with Crippen molar-refractivity contribution in [2.75, 3.05) is 11.9 Å². The van der Waals surface area contributed by atoms with Crippen molar-refractivity contribution in [3.63, 3.8) is 0 Å². The number of nitrogens with zero attached hydrogens (tertiary/aromatic N) is 1. The maximum absolute atomic E-state index is 12.7. The minimum atomic E-state index is 0.122. The second-order valence-electron chi connectivity index (χ2n) is 6.20. The number of hydrogen-bond donors (Lipinski definition) is 1. The van der Waals surface area contributed by atoms with Gasteiger partial charge >= 0.3 is 0 Å². The molecule has 1 aliphatic carbocycles. The molecule has 0 aliphatic heterocycles. The summed E-state index contributed by atoms with van der Waals surface area (Å²) >= 11 is 0. The van der Waals surface area contributed by atoms with Crippen molar-refractivity contribution in [1.82, 2.24) is 0 Å². The fourth-order valence-corrected chi connectivity index (χ4v) is 3.04. The third-order valence-corrected chi connectivity index (χ3v) is 4.42. The third-order valence-electron chi connectivity index (χ3n) is 4.42. The second-order valence-corrected chi connectivity index (χ2v) is 6.20. The second kappa shape index (κ2) is 5.33. The lowest BCUT2D eigenvalue weighted by Gasteiger charge is -2.30. The molecule has 0 saturated heterocycles. The number of amides is 1. The predicted molar refractivity (Wildman–Crippen MR) is 78.9 cm³/mol. The van der Waals surface area contributed by atoms with Gasteiger partial charge in [-0.15, -0.1) is 0 Å². The van der Waals surface area contributed by atoms with Gasteiger partial charge < -0.3 is 10.6 Å². The molecule has 0 radical (unpaired) electrons. The van der Waals surface area contributed by atoms with E-state index in [0.29, 0.717) is 6.54 Å². The summed E-state index contributed by atoms with van der Waals surface area (Å²) in [6.07, 6.45) is 3.30. The Hall–Kier alpha value is -1.35. The van der Waals surface area contributed by atoms with Gasteiger partial charge in [0.2, 0.25) is 5.91 Å². The lowest BCUT2D eigenvalue weighted by atomic mass is 9.81. The number of carbonyl (C=O) groups excluding carboxylic acids is 1. The van der Waals surface area contributed by atoms with Gasteiger partial charge in [-0.3, -0.25) is 4.79 Å². The van der Waals surface area contributed by atoms with Gasteiger partial charge in [-0.1, -0.05) is 32.4 Å². The Labute approximate surface area is 115 Å². The number of nitrogens with two attached hydrogens (primary N) is 1. The molecular weight excluding hydrogens is 236 g/mol. The van der Waals surface area contributed by atoms with E-state index in [1.54, 1.807) is 4.90 Å². The normalized spacial score (nSPS) is 21.4. The summed E-state index contributed by atoms with van der Waals surface area (Å²) in [7, 11) is 1.87. The van der Waals surface area contributed by atoms with E-state index in [1.807, 2.05) is 31.3 Å². The van der Waals surface area contributed by atoms with Gasteiger partial charge in [-0.25, -0.2) is 0 Å². The molecule has 0 spiro atoms.